The van der Waals surface area contributed by atoms with Gasteiger partial charge >= 0.3 is 5.97 Å². The number of carbonyl (C=O) groups is 1. The Morgan fingerprint density at radius 3 is 2.29 bits per heavy atom. The number of hydrogen-bond acceptors (Lipinski definition) is 2. The largest absolute Gasteiger partial charge is 0.480 e. The van der Waals surface area contributed by atoms with Gasteiger partial charge in [0, 0.05) is 0 Å². The van der Waals surface area contributed by atoms with Crippen LogP contribution in [0, 0.1) is 6.92 Å². The predicted octanol–water partition coefficient (Wildman–Crippen LogP) is 1.02. The summed E-state index contributed by atoms with van der Waals surface area (Å²) in [5, 5.41) is 8.61. The molecule has 0 saturated carbocycles. The van der Waals surface area contributed by atoms with Gasteiger partial charge in [0.1, 0.15) is 6.04 Å². The van der Waals surface area contributed by atoms with Crippen LogP contribution in [0.3, 0.4) is 0 Å². The Balaban J connectivity index is 2.64. The van der Waals surface area contributed by atoms with Gasteiger partial charge < -0.3 is 10.8 Å². The van der Waals surface area contributed by atoms with Gasteiger partial charge in [-0.05, 0) is 30.9 Å². The average Bonchev–Trinajstić information content (AvgIpc) is 2.19. The van der Waals surface area contributed by atoms with Crippen molar-refractivity contribution in [2.24, 2.45) is 5.73 Å². The summed E-state index contributed by atoms with van der Waals surface area (Å²) in [5.74, 6) is -0.966. The molecule has 1 aromatic carbocycles. The van der Waals surface area contributed by atoms with Gasteiger partial charge in [-0.1, -0.05) is 24.3 Å². The van der Waals surface area contributed by atoms with Crippen molar-refractivity contribution < 1.29 is 9.90 Å². The van der Waals surface area contributed by atoms with Crippen molar-refractivity contribution in [2.45, 2.75) is 18.9 Å². The van der Waals surface area contributed by atoms with Gasteiger partial charge in [0.05, 0.1) is 0 Å². The van der Waals surface area contributed by atoms with Crippen LogP contribution in [-0.2, 0) is 17.6 Å². The average molecular weight is 192 g/mol. The first kappa shape index (κ1) is 10.7. The molecule has 0 aliphatic heterocycles. The van der Waals surface area contributed by atoms with Gasteiger partial charge in [-0.3, -0.25) is 4.79 Å². The molecule has 0 aromatic heterocycles. The zero-order valence-electron chi connectivity index (χ0n) is 7.94. The molecule has 1 aromatic rings. The van der Waals surface area contributed by atoms with Crippen LogP contribution in [-0.4, -0.2) is 17.1 Å². The Bertz CT molecular complexity index is 306. The molecule has 14 heavy (non-hydrogen) atoms. The Morgan fingerprint density at radius 1 is 1.36 bits per heavy atom. The van der Waals surface area contributed by atoms with Gasteiger partial charge in [-0.25, -0.2) is 0 Å². The highest BCUT2D eigenvalue weighted by molar-refractivity contribution is 5.73. The lowest BCUT2D eigenvalue weighted by atomic mass is 10.0. The Hall–Kier alpha value is -1.35. The highest BCUT2D eigenvalue weighted by Crippen LogP contribution is 2.06. The molecule has 0 heterocycles. The van der Waals surface area contributed by atoms with E-state index in [1.807, 2.05) is 24.3 Å². The zero-order chi connectivity index (χ0) is 10.6. The quantitative estimate of drug-likeness (QED) is 0.748. The van der Waals surface area contributed by atoms with Crippen molar-refractivity contribution in [3.8, 4) is 0 Å². The van der Waals surface area contributed by atoms with Crippen LogP contribution in [0.15, 0.2) is 24.3 Å². The van der Waals surface area contributed by atoms with E-state index in [0.29, 0.717) is 6.42 Å². The second-order valence-electron chi connectivity index (χ2n) is 3.22. The summed E-state index contributed by atoms with van der Waals surface area (Å²) in [7, 11) is 0. The molecule has 75 valence electrons. The third-order valence-corrected chi connectivity index (χ3v) is 2.08. The molecule has 1 unspecified atom stereocenters. The summed E-state index contributed by atoms with van der Waals surface area (Å²) in [4.78, 5) is 10.5. The Kier molecular flexibility index (Phi) is 3.65. The summed E-state index contributed by atoms with van der Waals surface area (Å²) in [6.07, 6.45) is 1.11. The zero-order valence-corrected chi connectivity index (χ0v) is 7.94. The number of carboxylic acid groups (broad SMARTS) is 1. The second kappa shape index (κ2) is 4.77. The van der Waals surface area contributed by atoms with Crippen molar-refractivity contribution in [3.63, 3.8) is 0 Å². The highest BCUT2D eigenvalue weighted by atomic mass is 16.4. The van der Waals surface area contributed by atoms with E-state index in [4.69, 9.17) is 10.8 Å². The smallest absolute Gasteiger partial charge is 0.320 e. The maximum absolute atomic E-state index is 10.5. The van der Waals surface area contributed by atoms with Gasteiger partial charge in [0.15, 0.2) is 0 Å². The molecule has 1 rings (SSSR count). The Labute approximate surface area is 83.6 Å². The van der Waals surface area contributed by atoms with Gasteiger partial charge in [-0.2, -0.15) is 0 Å². The fraction of sp³-hybridized carbons (Fsp3) is 0.273. The maximum atomic E-state index is 10.5. The van der Waals surface area contributed by atoms with Crippen LogP contribution >= 0.6 is 0 Å². The molecule has 0 fully saturated rings. The summed E-state index contributed by atoms with van der Waals surface area (Å²) in [6, 6.07) is 6.85. The van der Waals surface area contributed by atoms with Crippen molar-refractivity contribution in [2.75, 3.05) is 0 Å². The summed E-state index contributed by atoms with van der Waals surface area (Å²) < 4.78 is 0. The van der Waals surface area contributed by atoms with E-state index < -0.39 is 12.0 Å². The minimum absolute atomic E-state index is 0.368. The number of nitrogens with two attached hydrogens (primary N) is 1. The van der Waals surface area contributed by atoms with E-state index in [0.717, 1.165) is 17.5 Å². The third-order valence-electron chi connectivity index (χ3n) is 2.08. The molecule has 1 radical (unpaired) electrons. The minimum Gasteiger partial charge on any atom is -0.480 e. The van der Waals surface area contributed by atoms with Crippen LogP contribution < -0.4 is 5.73 Å². The SMILES string of the molecule is [CH2]Cc1ccc(CC(N)C(=O)O)cc1. The van der Waals surface area contributed by atoms with E-state index in [1.54, 1.807) is 0 Å². The lowest BCUT2D eigenvalue weighted by Crippen LogP contribution is -2.32. The molecule has 3 N–H and O–H groups in total. The van der Waals surface area contributed by atoms with Crippen LogP contribution in [0.5, 0.6) is 0 Å². The van der Waals surface area contributed by atoms with E-state index >= 15 is 0 Å². The van der Waals surface area contributed by atoms with Gasteiger partial charge in [0.25, 0.3) is 0 Å². The number of benzene rings is 1. The first-order chi connectivity index (χ1) is 6.63. The molecular weight excluding hydrogens is 178 g/mol. The van der Waals surface area contributed by atoms with E-state index in [1.165, 1.54) is 0 Å². The number of carboxylic acids is 1. The third kappa shape index (κ3) is 2.85. The first-order valence-corrected chi connectivity index (χ1v) is 4.49. The molecule has 0 saturated heterocycles. The summed E-state index contributed by atoms with van der Waals surface area (Å²) in [5.41, 5.74) is 7.49. The molecule has 3 heteroatoms. The van der Waals surface area contributed by atoms with E-state index in [9.17, 15) is 4.79 Å². The van der Waals surface area contributed by atoms with Gasteiger partial charge in [0.2, 0.25) is 0 Å². The number of hydrogen-bond donors (Lipinski definition) is 2. The molecule has 0 spiro atoms. The molecule has 0 bridgehead atoms. The second-order valence-corrected chi connectivity index (χ2v) is 3.22. The number of rotatable bonds is 4. The van der Waals surface area contributed by atoms with E-state index in [-0.39, 0.29) is 0 Å². The monoisotopic (exact) mass is 192 g/mol. The fourth-order valence-corrected chi connectivity index (χ4v) is 1.18. The van der Waals surface area contributed by atoms with Crippen LogP contribution in [0.2, 0.25) is 0 Å². The van der Waals surface area contributed by atoms with E-state index in [2.05, 4.69) is 6.92 Å². The Morgan fingerprint density at radius 2 is 1.86 bits per heavy atom. The highest BCUT2D eigenvalue weighted by Gasteiger charge is 2.11. The van der Waals surface area contributed by atoms with Crippen LogP contribution in [0.4, 0.5) is 0 Å². The van der Waals surface area contributed by atoms with Crippen LogP contribution in [0.25, 0.3) is 0 Å². The molecule has 0 amide bonds. The standard InChI is InChI=1S/C11H14NO2/c1-2-8-3-5-9(6-4-8)7-10(12)11(13)14/h3-6,10H,1-2,7,12H2,(H,13,14). The normalized spacial score (nSPS) is 12.4. The lowest BCUT2D eigenvalue weighted by Gasteiger charge is -2.06. The summed E-state index contributed by atoms with van der Waals surface area (Å²) in [6.45, 7) is 3.76. The lowest BCUT2D eigenvalue weighted by molar-refractivity contribution is -0.138. The van der Waals surface area contributed by atoms with Gasteiger partial charge in [-0.15, -0.1) is 0 Å². The van der Waals surface area contributed by atoms with Crippen molar-refractivity contribution >= 4 is 5.97 Å². The maximum Gasteiger partial charge on any atom is 0.320 e. The molecule has 0 aliphatic carbocycles. The number of aliphatic carboxylic acids is 1. The molecule has 1 atom stereocenters. The molecule has 0 aliphatic rings. The van der Waals surface area contributed by atoms with Crippen molar-refractivity contribution in [3.05, 3.63) is 42.3 Å². The fourth-order valence-electron chi connectivity index (χ4n) is 1.18. The van der Waals surface area contributed by atoms with Crippen molar-refractivity contribution in [1.82, 2.24) is 0 Å². The predicted molar refractivity (Wildman–Crippen MR) is 54.8 cm³/mol. The van der Waals surface area contributed by atoms with Crippen LogP contribution in [0.1, 0.15) is 11.1 Å². The molecular formula is C11H14NO2. The minimum atomic E-state index is -0.966. The van der Waals surface area contributed by atoms with Crippen molar-refractivity contribution in [1.29, 1.82) is 0 Å². The first-order valence-electron chi connectivity index (χ1n) is 4.49. The molecule has 3 nitrogen and oxygen atoms in total. The topological polar surface area (TPSA) is 63.3 Å². The summed E-state index contributed by atoms with van der Waals surface area (Å²) >= 11 is 0.